The van der Waals surface area contributed by atoms with Crippen LogP contribution in [-0.4, -0.2) is 225 Å². The van der Waals surface area contributed by atoms with E-state index in [2.05, 4.69) is 21.0 Å². The molecule has 0 aliphatic rings. The third-order valence-corrected chi connectivity index (χ3v) is 16.3. The highest BCUT2D eigenvalue weighted by molar-refractivity contribution is 7.86. The van der Waals surface area contributed by atoms with Gasteiger partial charge in [-0.25, -0.2) is 0 Å². The summed E-state index contributed by atoms with van der Waals surface area (Å²) >= 11 is 0. The number of hydrogen-bond acceptors (Lipinski definition) is 15. The van der Waals surface area contributed by atoms with Crippen LogP contribution in [0.1, 0.15) is 116 Å². The predicted octanol–water partition coefficient (Wildman–Crippen LogP) is 3.25. The van der Waals surface area contributed by atoms with Crippen LogP contribution in [0.2, 0.25) is 6.04 Å². The van der Waals surface area contributed by atoms with E-state index in [1.54, 1.807) is 14.7 Å². The fraction of sp³-hybridized carbons (Fsp3) is 1.00. The van der Waals surface area contributed by atoms with E-state index in [0.29, 0.717) is 12.5 Å². The summed E-state index contributed by atoms with van der Waals surface area (Å²) in [5, 5.41) is 28.9. The normalized spacial score (nSPS) is 13.3. The van der Waals surface area contributed by atoms with E-state index in [0.717, 1.165) is 30.4 Å². The van der Waals surface area contributed by atoms with Crippen LogP contribution in [0.15, 0.2) is 0 Å². The first-order chi connectivity index (χ1) is 30.2. The van der Waals surface area contributed by atoms with Gasteiger partial charge >= 0.3 is 8.80 Å². The van der Waals surface area contributed by atoms with E-state index in [-0.39, 0.29) is 98.5 Å². The van der Waals surface area contributed by atoms with Gasteiger partial charge < -0.3 is 33.1 Å². The maximum Gasteiger partial charge on any atom is 0.501 e. The minimum absolute atomic E-state index is 0.0125. The number of quaternary nitrogens is 1. The Bertz CT molecular complexity index is 1330. The Balaban J connectivity index is 5.74. The molecule has 64 heavy (non-hydrogen) atoms. The van der Waals surface area contributed by atoms with Gasteiger partial charge in [0.15, 0.2) is 0 Å². The Labute approximate surface area is 389 Å². The van der Waals surface area contributed by atoms with Crippen LogP contribution < -0.4 is 0 Å². The topological polar surface area (TPSA) is 261 Å². The molecule has 0 amide bonds. The predicted molar refractivity (Wildman–Crippen MR) is 254 cm³/mol. The van der Waals surface area contributed by atoms with Crippen LogP contribution in [0.3, 0.4) is 0 Å². The first-order valence-electron chi connectivity index (χ1n) is 23.8. The molecule has 0 aromatic heterocycles. The van der Waals surface area contributed by atoms with Crippen molar-refractivity contribution in [2.24, 2.45) is 0 Å². The Kier molecular flexibility index (Phi) is 37.2. The molecule has 0 heterocycles. The van der Waals surface area contributed by atoms with Gasteiger partial charge in [-0.1, -0.05) is 96.8 Å². The highest BCUT2D eigenvalue weighted by Crippen LogP contribution is 2.21. The Hall–Kier alpha value is -0.453. The van der Waals surface area contributed by atoms with Crippen LogP contribution in [0.4, 0.5) is 0 Å². The van der Waals surface area contributed by atoms with E-state index in [1.165, 1.54) is 89.9 Å². The van der Waals surface area contributed by atoms with Gasteiger partial charge in [-0.05, 0) is 12.8 Å². The van der Waals surface area contributed by atoms with Crippen LogP contribution in [0, 0.1) is 0 Å². The third kappa shape index (κ3) is 40.6. The molecule has 0 radical (unpaired) electrons. The van der Waals surface area contributed by atoms with E-state index in [1.807, 2.05) is 0 Å². The zero-order chi connectivity index (χ0) is 48.2. The van der Waals surface area contributed by atoms with Gasteiger partial charge in [-0.2, -0.15) is 25.3 Å². The van der Waals surface area contributed by atoms with Crippen LogP contribution in [0.25, 0.3) is 0 Å². The minimum atomic E-state index is -4.27. The number of aliphatic hydroxyl groups is 3. The SMILES string of the molecule is CCCCCCCCCCCCCCCCCC[N+](C)(C)CCC[Si](OCCN(CCO)CCS(=O)(=O)O)(OCCN(CCO)CCS(=O)(=O)O)OCCN(CCO)CCS(=O)(=O)O. The molecule has 19 nitrogen and oxygen atoms in total. The molecular formula is C41H91N4O15S3Si+. The van der Waals surface area contributed by atoms with Gasteiger partial charge in [0.25, 0.3) is 30.4 Å². The first kappa shape index (κ1) is 63.5. The summed E-state index contributed by atoms with van der Waals surface area (Å²) in [6, 6.07) is 0.342. The van der Waals surface area contributed by atoms with Crippen molar-refractivity contribution in [1.29, 1.82) is 0 Å². The van der Waals surface area contributed by atoms with Gasteiger partial charge in [-0.15, -0.1) is 0 Å². The number of aliphatic hydroxyl groups excluding tert-OH is 3. The summed E-state index contributed by atoms with van der Waals surface area (Å²) in [5.41, 5.74) is 0. The zero-order valence-corrected chi connectivity index (χ0v) is 43.2. The highest BCUT2D eigenvalue weighted by Gasteiger charge is 2.42. The second kappa shape index (κ2) is 37.4. The lowest BCUT2D eigenvalue weighted by atomic mass is 10.0. The molecule has 0 aliphatic heterocycles. The van der Waals surface area contributed by atoms with Gasteiger partial charge in [0.2, 0.25) is 0 Å². The Morgan fingerprint density at radius 3 is 0.984 bits per heavy atom. The molecule has 0 saturated heterocycles. The minimum Gasteiger partial charge on any atom is -0.395 e. The van der Waals surface area contributed by atoms with Crippen molar-refractivity contribution in [3.63, 3.8) is 0 Å². The van der Waals surface area contributed by atoms with E-state index in [9.17, 15) is 54.2 Å². The molecule has 0 aromatic carbocycles. The first-order valence-corrected chi connectivity index (χ1v) is 30.5. The van der Waals surface area contributed by atoms with Crippen molar-refractivity contribution < 1.29 is 72.0 Å². The molecule has 0 spiro atoms. The quantitative estimate of drug-likeness (QED) is 0.0221. The van der Waals surface area contributed by atoms with Crippen molar-refractivity contribution >= 4 is 39.2 Å². The summed E-state index contributed by atoms with van der Waals surface area (Å²) in [6.07, 6.45) is 21.4. The largest absolute Gasteiger partial charge is 0.501 e. The fourth-order valence-corrected chi connectivity index (χ4v) is 11.4. The molecule has 6 N–H and O–H groups in total. The van der Waals surface area contributed by atoms with Crippen molar-refractivity contribution in [3.8, 4) is 0 Å². The van der Waals surface area contributed by atoms with Crippen molar-refractivity contribution in [1.82, 2.24) is 14.7 Å². The van der Waals surface area contributed by atoms with Gasteiger partial charge in [-0.3, -0.25) is 28.4 Å². The van der Waals surface area contributed by atoms with Crippen molar-refractivity contribution in [2.75, 3.05) is 143 Å². The standard InChI is InChI=1S/C41H90N4O15S3Si/c1-4-5-6-7-8-9-10-11-12-13-14-15-16-17-18-19-30-45(2,3)31-20-41-64(58-35-24-42(21-32-46)27-38-61(49,50)51,59-36-25-43(22-33-47)28-39-62(52,53)54)60-37-26-44(23-34-48)29-40-63(55,56)57/h46-48H,4-41H2,1-3H3,(H2-,49,50,51,52,53,54,55,56,57)/p+1. The average molecular weight is 1000 g/mol. The second-order valence-electron chi connectivity index (χ2n) is 17.6. The number of nitrogens with zero attached hydrogens (tertiary/aromatic N) is 4. The van der Waals surface area contributed by atoms with Gasteiger partial charge in [0, 0.05) is 71.4 Å². The summed E-state index contributed by atoms with van der Waals surface area (Å²) in [7, 11) is -12.2. The number of rotatable bonds is 48. The monoisotopic (exact) mass is 1000 g/mol. The summed E-state index contributed by atoms with van der Waals surface area (Å²) in [6.45, 7) is 3.65. The Morgan fingerprint density at radius 1 is 0.422 bits per heavy atom. The summed E-state index contributed by atoms with van der Waals surface area (Å²) in [5.74, 6) is -1.66. The van der Waals surface area contributed by atoms with E-state index < -0.39 is 56.4 Å². The summed E-state index contributed by atoms with van der Waals surface area (Å²) in [4.78, 5) is 4.84. The molecule has 0 aliphatic carbocycles. The molecule has 0 unspecified atom stereocenters. The molecular weight excluding hydrogens is 913 g/mol. The number of unbranched alkanes of at least 4 members (excludes halogenated alkanes) is 15. The van der Waals surface area contributed by atoms with Gasteiger partial charge in [0.05, 0.1) is 84.1 Å². The van der Waals surface area contributed by atoms with Crippen LogP contribution in [0.5, 0.6) is 0 Å². The second-order valence-corrected chi connectivity index (χ2v) is 25.0. The maximum absolute atomic E-state index is 11.5. The van der Waals surface area contributed by atoms with E-state index in [4.69, 9.17) is 13.3 Å². The molecule has 0 fully saturated rings. The molecule has 0 atom stereocenters. The fourth-order valence-electron chi connectivity index (χ4n) is 7.42. The smallest absolute Gasteiger partial charge is 0.395 e. The maximum atomic E-state index is 11.5. The summed E-state index contributed by atoms with van der Waals surface area (Å²) < 4.78 is 117. The molecule has 0 saturated carbocycles. The molecule has 23 heteroatoms. The van der Waals surface area contributed by atoms with Crippen molar-refractivity contribution in [3.05, 3.63) is 0 Å². The molecule has 0 bridgehead atoms. The van der Waals surface area contributed by atoms with Crippen LogP contribution in [-0.2, 0) is 43.6 Å². The molecule has 0 aromatic rings. The Morgan fingerprint density at radius 2 is 0.703 bits per heavy atom. The lowest BCUT2D eigenvalue weighted by molar-refractivity contribution is -0.890. The zero-order valence-electron chi connectivity index (χ0n) is 39.7. The van der Waals surface area contributed by atoms with Gasteiger partial charge in [0.1, 0.15) is 0 Å². The third-order valence-electron chi connectivity index (χ3n) is 11.3. The lowest BCUT2D eigenvalue weighted by Gasteiger charge is -2.34. The van der Waals surface area contributed by atoms with Crippen LogP contribution >= 0.6 is 0 Å². The average Bonchev–Trinajstić information content (AvgIpc) is 3.20. The number of hydrogen-bond donors (Lipinski definition) is 6. The molecule has 386 valence electrons. The van der Waals surface area contributed by atoms with E-state index >= 15 is 0 Å². The highest BCUT2D eigenvalue weighted by atomic mass is 32.2. The molecule has 0 rings (SSSR count). The lowest BCUT2D eigenvalue weighted by Crippen LogP contribution is -2.51. The van der Waals surface area contributed by atoms with Crippen molar-refractivity contribution in [2.45, 2.75) is 122 Å².